The number of aliphatic imine (C=N–C) groups is 1. The zero-order chi connectivity index (χ0) is 14.4. The van der Waals surface area contributed by atoms with E-state index in [1.54, 1.807) is 0 Å². The van der Waals surface area contributed by atoms with Gasteiger partial charge in [-0.2, -0.15) is 0 Å². The topological polar surface area (TPSA) is 111 Å². The van der Waals surface area contributed by atoms with Crippen molar-refractivity contribution in [3.05, 3.63) is 11.3 Å². The maximum absolute atomic E-state index is 11.3. The summed E-state index contributed by atoms with van der Waals surface area (Å²) in [6.45, 7) is 4.08. The van der Waals surface area contributed by atoms with Crippen LogP contribution in [-0.4, -0.2) is 29.2 Å². The van der Waals surface area contributed by atoms with Gasteiger partial charge in [0, 0.05) is 0 Å². The molecule has 19 heavy (non-hydrogen) atoms. The van der Waals surface area contributed by atoms with E-state index in [2.05, 4.69) is 4.99 Å². The molecule has 1 atom stereocenters. The molecule has 1 unspecified atom stereocenters. The average Bonchev–Trinajstić information content (AvgIpc) is 2.36. The predicted octanol–water partition coefficient (Wildman–Crippen LogP) is 1.36. The van der Waals surface area contributed by atoms with Crippen molar-refractivity contribution in [3.63, 3.8) is 0 Å². The number of carbonyl (C=O) groups is 1. The number of carboxylic acid groups (broad SMARTS) is 1. The van der Waals surface area contributed by atoms with E-state index in [0.717, 1.165) is 25.7 Å². The van der Waals surface area contributed by atoms with Crippen molar-refractivity contribution >= 4 is 11.9 Å². The van der Waals surface area contributed by atoms with E-state index in [0.29, 0.717) is 12.1 Å². The summed E-state index contributed by atoms with van der Waals surface area (Å²) in [6.07, 6.45) is 3.53. The molecular formula is C13H23N3O3. The maximum atomic E-state index is 11.3. The van der Waals surface area contributed by atoms with Crippen LogP contribution in [0.1, 0.15) is 46.0 Å². The standard InChI is InChI=1S/C13H23N3O3/c1-3-8(4-2)19-10-7-5-6-9(12(17)18)11(10)16-13(14)15/h8,10H,3-7H2,1-2H3,(H,17,18)(H4,14,15,16). The van der Waals surface area contributed by atoms with Crippen molar-refractivity contribution in [3.8, 4) is 0 Å². The van der Waals surface area contributed by atoms with Crippen molar-refractivity contribution in [1.29, 1.82) is 0 Å². The summed E-state index contributed by atoms with van der Waals surface area (Å²) in [5.74, 6) is -1.10. The van der Waals surface area contributed by atoms with Gasteiger partial charge in [-0.1, -0.05) is 13.8 Å². The molecule has 0 bridgehead atoms. The lowest BCUT2D eigenvalue weighted by molar-refractivity contribution is -0.133. The van der Waals surface area contributed by atoms with Crippen molar-refractivity contribution in [1.82, 2.24) is 0 Å². The Hall–Kier alpha value is -1.56. The van der Waals surface area contributed by atoms with Crippen molar-refractivity contribution in [2.24, 2.45) is 16.5 Å². The Bertz CT molecular complexity index is 383. The summed E-state index contributed by atoms with van der Waals surface area (Å²) in [4.78, 5) is 15.2. The lowest BCUT2D eigenvalue weighted by Crippen LogP contribution is -2.30. The largest absolute Gasteiger partial charge is 0.478 e. The van der Waals surface area contributed by atoms with Gasteiger partial charge in [-0.3, -0.25) is 0 Å². The fourth-order valence-electron chi connectivity index (χ4n) is 2.26. The first kappa shape index (κ1) is 15.5. The molecule has 0 amide bonds. The summed E-state index contributed by atoms with van der Waals surface area (Å²) in [7, 11) is 0. The highest BCUT2D eigenvalue weighted by Gasteiger charge is 2.29. The van der Waals surface area contributed by atoms with Gasteiger partial charge in [0.25, 0.3) is 0 Å². The van der Waals surface area contributed by atoms with Gasteiger partial charge in [0.15, 0.2) is 5.96 Å². The fourth-order valence-corrected chi connectivity index (χ4v) is 2.26. The third kappa shape index (κ3) is 4.24. The average molecular weight is 269 g/mol. The predicted molar refractivity (Wildman–Crippen MR) is 73.6 cm³/mol. The van der Waals surface area contributed by atoms with Crippen molar-refractivity contribution < 1.29 is 14.6 Å². The molecule has 0 aliphatic heterocycles. The number of guanidine groups is 1. The molecule has 108 valence electrons. The van der Waals surface area contributed by atoms with Crippen LogP contribution in [-0.2, 0) is 9.53 Å². The molecule has 0 aromatic rings. The minimum absolute atomic E-state index is 0.0994. The maximum Gasteiger partial charge on any atom is 0.333 e. The van der Waals surface area contributed by atoms with Gasteiger partial charge < -0.3 is 21.3 Å². The highest BCUT2D eigenvalue weighted by molar-refractivity contribution is 5.89. The van der Waals surface area contributed by atoms with E-state index in [1.165, 1.54) is 0 Å². The summed E-state index contributed by atoms with van der Waals surface area (Å²) in [5, 5.41) is 9.22. The zero-order valence-electron chi connectivity index (χ0n) is 11.6. The number of ether oxygens (including phenoxy) is 1. The monoisotopic (exact) mass is 269 g/mol. The van der Waals surface area contributed by atoms with E-state index >= 15 is 0 Å². The number of rotatable bonds is 6. The number of carboxylic acids is 1. The van der Waals surface area contributed by atoms with Gasteiger partial charge in [-0.15, -0.1) is 0 Å². The molecule has 5 N–H and O–H groups in total. The lowest BCUT2D eigenvalue weighted by Gasteiger charge is -2.28. The summed E-state index contributed by atoms with van der Waals surface area (Å²) >= 11 is 0. The number of nitrogens with two attached hydrogens (primary N) is 2. The van der Waals surface area contributed by atoms with Crippen LogP contribution in [0, 0.1) is 0 Å². The van der Waals surface area contributed by atoms with E-state index < -0.39 is 5.97 Å². The van der Waals surface area contributed by atoms with Crippen LogP contribution in [0.2, 0.25) is 0 Å². The van der Waals surface area contributed by atoms with Gasteiger partial charge in [-0.25, -0.2) is 9.79 Å². The second kappa shape index (κ2) is 7.13. The molecule has 6 nitrogen and oxygen atoms in total. The van der Waals surface area contributed by atoms with Gasteiger partial charge in [0.1, 0.15) is 6.10 Å². The van der Waals surface area contributed by atoms with Crippen LogP contribution in [0.5, 0.6) is 0 Å². The minimum Gasteiger partial charge on any atom is -0.478 e. The number of nitrogens with zero attached hydrogens (tertiary/aromatic N) is 1. The highest BCUT2D eigenvalue weighted by atomic mass is 16.5. The number of hydrogen-bond donors (Lipinski definition) is 3. The Morgan fingerprint density at radius 1 is 1.47 bits per heavy atom. The van der Waals surface area contributed by atoms with Gasteiger partial charge in [0.05, 0.1) is 17.4 Å². The van der Waals surface area contributed by atoms with Crippen LogP contribution < -0.4 is 11.5 Å². The van der Waals surface area contributed by atoms with E-state index in [9.17, 15) is 9.90 Å². The molecule has 1 rings (SSSR count). The molecular weight excluding hydrogens is 246 g/mol. The third-order valence-electron chi connectivity index (χ3n) is 3.28. The number of aliphatic carboxylic acids is 1. The summed E-state index contributed by atoms with van der Waals surface area (Å²) < 4.78 is 5.94. The van der Waals surface area contributed by atoms with E-state index in [1.807, 2.05) is 13.8 Å². The minimum atomic E-state index is -0.974. The van der Waals surface area contributed by atoms with E-state index in [4.69, 9.17) is 16.2 Å². The summed E-state index contributed by atoms with van der Waals surface area (Å²) in [5.41, 5.74) is 11.4. The highest BCUT2D eigenvalue weighted by Crippen LogP contribution is 2.30. The molecule has 0 heterocycles. The quantitative estimate of drug-likeness (QED) is 0.498. The molecule has 0 fully saturated rings. The van der Waals surface area contributed by atoms with Crippen LogP contribution >= 0.6 is 0 Å². The summed E-state index contributed by atoms with van der Waals surface area (Å²) in [6, 6.07) is 0. The number of hydrogen-bond acceptors (Lipinski definition) is 3. The molecule has 0 saturated carbocycles. The molecule has 0 aromatic carbocycles. The Labute approximate surface area is 113 Å². The Morgan fingerprint density at radius 2 is 2.11 bits per heavy atom. The SMILES string of the molecule is CCC(CC)OC1CCCC(C(=O)O)=C1N=C(N)N. The van der Waals surface area contributed by atoms with Gasteiger partial charge in [-0.05, 0) is 32.1 Å². The Balaban J connectivity index is 3.04. The van der Waals surface area contributed by atoms with Crippen LogP contribution in [0.15, 0.2) is 16.3 Å². The molecule has 0 radical (unpaired) electrons. The first-order valence-electron chi connectivity index (χ1n) is 6.70. The molecule has 1 aliphatic carbocycles. The first-order chi connectivity index (χ1) is 8.99. The normalized spacial score (nSPS) is 19.6. The molecule has 1 aliphatic rings. The van der Waals surface area contributed by atoms with Crippen LogP contribution in [0.4, 0.5) is 0 Å². The smallest absolute Gasteiger partial charge is 0.333 e. The molecule has 0 saturated heterocycles. The zero-order valence-corrected chi connectivity index (χ0v) is 11.6. The molecule has 0 spiro atoms. The van der Waals surface area contributed by atoms with Gasteiger partial charge >= 0.3 is 5.97 Å². The Kier molecular flexibility index (Phi) is 5.82. The lowest BCUT2D eigenvalue weighted by atomic mass is 9.93. The first-order valence-corrected chi connectivity index (χ1v) is 6.70. The van der Waals surface area contributed by atoms with Crippen LogP contribution in [0.25, 0.3) is 0 Å². The van der Waals surface area contributed by atoms with E-state index in [-0.39, 0.29) is 23.7 Å². The van der Waals surface area contributed by atoms with Crippen molar-refractivity contribution in [2.75, 3.05) is 0 Å². The molecule has 0 aromatic heterocycles. The second-order valence-corrected chi connectivity index (χ2v) is 4.66. The van der Waals surface area contributed by atoms with Gasteiger partial charge in [0.2, 0.25) is 0 Å². The third-order valence-corrected chi connectivity index (χ3v) is 3.28. The molecule has 6 heteroatoms. The Morgan fingerprint density at radius 3 is 2.58 bits per heavy atom. The van der Waals surface area contributed by atoms with Crippen molar-refractivity contribution in [2.45, 2.75) is 58.2 Å². The fraction of sp³-hybridized carbons (Fsp3) is 0.692. The van der Waals surface area contributed by atoms with Crippen LogP contribution in [0.3, 0.4) is 0 Å². The second-order valence-electron chi connectivity index (χ2n) is 4.66.